The smallest absolute Gasteiger partial charge is 0.359 e. The number of aryl methyl sites for hydroxylation is 1. The van der Waals surface area contributed by atoms with Crippen molar-refractivity contribution in [3.8, 4) is 0 Å². The summed E-state index contributed by atoms with van der Waals surface area (Å²) in [5.41, 5.74) is 0.843. The standard InChI is InChI=1S/C14H19N3O3/c1-10-4-3-5-17(8-10)13(18)9-20-14(19)12-7-15-11(2)6-16-12/h6-7,10H,3-5,8-9H2,1-2H3. The SMILES string of the molecule is Cc1cnc(C(=O)OCC(=O)N2CCCC(C)C2)cn1. The molecule has 20 heavy (non-hydrogen) atoms. The first kappa shape index (κ1) is 14.4. The lowest BCUT2D eigenvalue weighted by molar-refractivity contribution is -0.136. The van der Waals surface area contributed by atoms with Crippen LogP contribution in [-0.4, -0.2) is 46.4 Å². The molecule has 1 atom stereocenters. The minimum atomic E-state index is -0.615. The Labute approximate surface area is 118 Å². The van der Waals surface area contributed by atoms with Gasteiger partial charge in [-0.15, -0.1) is 0 Å². The van der Waals surface area contributed by atoms with Crippen LogP contribution in [0.5, 0.6) is 0 Å². The van der Waals surface area contributed by atoms with Gasteiger partial charge in [0.2, 0.25) is 0 Å². The van der Waals surface area contributed by atoms with Crippen LogP contribution in [0.15, 0.2) is 12.4 Å². The number of amides is 1. The average Bonchev–Trinajstić information content (AvgIpc) is 2.45. The van der Waals surface area contributed by atoms with E-state index in [0.29, 0.717) is 5.92 Å². The lowest BCUT2D eigenvalue weighted by Gasteiger charge is -2.30. The largest absolute Gasteiger partial charge is 0.451 e. The van der Waals surface area contributed by atoms with Gasteiger partial charge in [-0.05, 0) is 25.7 Å². The number of aromatic nitrogens is 2. The lowest BCUT2D eigenvalue weighted by atomic mass is 10.0. The number of carbonyl (C=O) groups is 2. The van der Waals surface area contributed by atoms with Gasteiger partial charge in [-0.1, -0.05) is 6.92 Å². The number of likely N-dealkylation sites (tertiary alicyclic amines) is 1. The highest BCUT2D eigenvalue weighted by Crippen LogP contribution is 2.15. The van der Waals surface area contributed by atoms with Gasteiger partial charge in [-0.25, -0.2) is 9.78 Å². The van der Waals surface area contributed by atoms with Gasteiger partial charge in [0.25, 0.3) is 5.91 Å². The topological polar surface area (TPSA) is 72.4 Å². The van der Waals surface area contributed by atoms with Crippen molar-refractivity contribution in [3.05, 3.63) is 23.8 Å². The van der Waals surface area contributed by atoms with Crippen LogP contribution in [0.2, 0.25) is 0 Å². The molecule has 0 radical (unpaired) electrons. The van der Waals surface area contributed by atoms with Crippen molar-refractivity contribution in [1.29, 1.82) is 0 Å². The predicted octanol–water partition coefficient (Wildman–Crippen LogP) is 1.20. The molecular formula is C14H19N3O3. The third kappa shape index (κ3) is 3.76. The number of rotatable bonds is 3. The van der Waals surface area contributed by atoms with Crippen LogP contribution in [0, 0.1) is 12.8 Å². The monoisotopic (exact) mass is 277 g/mol. The quantitative estimate of drug-likeness (QED) is 0.776. The van der Waals surface area contributed by atoms with E-state index in [4.69, 9.17) is 4.74 Å². The van der Waals surface area contributed by atoms with Crippen molar-refractivity contribution in [1.82, 2.24) is 14.9 Å². The number of esters is 1. The van der Waals surface area contributed by atoms with Crippen LogP contribution in [0.4, 0.5) is 0 Å². The molecule has 2 heterocycles. The van der Waals surface area contributed by atoms with Crippen LogP contribution in [0.25, 0.3) is 0 Å². The molecule has 2 rings (SSSR count). The Bertz CT molecular complexity index is 487. The zero-order chi connectivity index (χ0) is 14.5. The Morgan fingerprint density at radius 3 is 2.85 bits per heavy atom. The molecule has 0 bridgehead atoms. The summed E-state index contributed by atoms with van der Waals surface area (Å²) in [7, 11) is 0. The van der Waals surface area contributed by atoms with Gasteiger partial charge in [0.05, 0.1) is 11.9 Å². The molecule has 1 aromatic heterocycles. The molecule has 0 saturated carbocycles. The normalized spacial score (nSPS) is 18.7. The fraction of sp³-hybridized carbons (Fsp3) is 0.571. The molecule has 1 saturated heterocycles. The minimum Gasteiger partial charge on any atom is -0.451 e. The average molecular weight is 277 g/mol. The number of piperidine rings is 1. The van der Waals surface area contributed by atoms with E-state index in [2.05, 4.69) is 16.9 Å². The Morgan fingerprint density at radius 2 is 2.20 bits per heavy atom. The van der Waals surface area contributed by atoms with Crippen LogP contribution < -0.4 is 0 Å². The number of hydrogen-bond donors (Lipinski definition) is 0. The molecule has 1 unspecified atom stereocenters. The Kier molecular flexibility index (Phi) is 4.65. The highest BCUT2D eigenvalue weighted by molar-refractivity contribution is 5.89. The first-order valence-electron chi connectivity index (χ1n) is 6.80. The van der Waals surface area contributed by atoms with E-state index in [1.165, 1.54) is 12.4 Å². The molecule has 1 aromatic rings. The summed E-state index contributed by atoms with van der Waals surface area (Å²) in [5.74, 6) is -0.257. The van der Waals surface area contributed by atoms with E-state index in [9.17, 15) is 9.59 Å². The van der Waals surface area contributed by atoms with Gasteiger partial charge < -0.3 is 9.64 Å². The fourth-order valence-corrected chi connectivity index (χ4v) is 2.21. The van der Waals surface area contributed by atoms with Gasteiger partial charge >= 0.3 is 5.97 Å². The number of ether oxygens (including phenoxy) is 1. The third-order valence-electron chi connectivity index (χ3n) is 3.33. The van der Waals surface area contributed by atoms with Crippen LogP contribution in [-0.2, 0) is 9.53 Å². The Morgan fingerprint density at radius 1 is 1.40 bits per heavy atom. The van der Waals surface area contributed by atoms with Crippen molar-refractivity contribution in [2.24, 2.45) is 5.92 Å². The zero-order valence-corrected chi connectivity index (χ0v) is 11.8. The molecule has 1 aliphatic heterocycles. The van der Waals surface area contributed by atoms with Gasteiger partial charge in [0.1, 0.15) is 0 Å². The van der Waals surface area contributed by atoms with E-state index < -0.39 is 5.97 Å². The summed E-state index contributed by atoms with van der Waals surface area (Å²) in [6.07, 6.45) is 4.99. The second-order valence-electron chi connectivity index (χ2n) is 5.21. The highest BCUT2D eigenvalue weighted by Gasteiger charge is 2.22. The summed E-state index contributed by atoms with van der Waals surface area (Å²) >= 11 is 0. The number of nitrogens with zero attached hydrogens (tertiary/aromatic N) is 3. The maximum atomic E-state index is 11.9. The van der Waals surface area contributed by atoms with E-state index in [0.717, 1.165) is 31.6 Å². The molecule has 0 N–H and O–H groups in total. The van der Waals surface area contributed by atoms with Crippen LogP contribution in [0.3, 0.4) is 0 Å². The molecule has 0 aromatic carbocycles. The molecule has 6 heteroatoms. The third-order valence-corrected chi connectivity index (χ3v) is 3.33. The van der Waals surface area contributed by atoms with Crippen LogP contribution in [0.1, 0.15) is 35.9 Å². The van der Waals surface area contributed by atoms with E-state index in [-0.39, 0.29) is 18.2 Å². The first-order chi connectivity index (χ1) is 9.56. The van der Waals surface area contributed by atoms with Crippen molar-refractivity contribution >= 4 is 11.9 Å². The maximum absolute atomic E-state index is 11.9. The van der Waals surface area contributed by atoms with Crippen molar-refractivity contribution < 1.29 is 14.3 Å². The van der Waals surface area contributed by atoms with Crippen molar-refractivity contribution in [2.75, 3.05) is 19.7 Å². The molecule has 0 spiro atoms. The number of carbonyl (C=O) groups excluding carboxylic acids is 2. The summed E-state index contributed by atoms with van der Waals surface area (Å²) in [6.45, 7) is 5.14. The maximum Gasteiger partial charge on any atom is 0.359 e. The number of hydrogen-bond acceptors (Lipinski definition) is 5. The zero-order valence-electron chi connectivity index (χ0n) is 11.8. The molecule has 1 amide bonds. The molecular weight excluding hydrogens is 258 g/mol. The second-order valence-corrected chi connectivity index (χ2v) is 5.21. The van der Waals surface area contributed by atoms with Gasteiger partial charge in [-0.2, -0.15) is 0 Å². The highest BCUT2D eigenvalue weighted by atomic mass is 16.5. The van der Waals surface area contributed by atoms with Gasteiger partial charge in [0.15, 0.2) is 12.3 Å². The molecule has 1 fully saturated rings. The van der Waals surface area contributed by atoms with Crippen LogP contribution >= 0.6 is 0 Å². The summed E-state index contributed by atoms with van der Waals surface area (Å²) in [4.78, 5) is 33.3. The molecule has 1 aliphatic rings. The minimum absolute atomic E-state index is 0.121. The summed E-state index contributed by atoms with van der Waals surface area (Å²) in [6, 6.07) is 0. The summed E-state index contributed by atoms with van der Waals surface area (Å²) in [5, 5.41) is 0. The second kappa shape index (κ2) is 6.45. The molecule has 0 aliphatic carbocycles. The summed E-state index contributed by atoms with van der Waals surface area (Å²) < 4.78 is 4.99. The predicted molar refractivity (Wildman–Crippen MR) is 72.0 cm³/mol. The first-order valence-corrected chi connectivity index (χ1v) is 6.80. The van der Waals surface area contributed by atoms with E-state index in [1.54, 1.807) is 11.8 Å². The lowest BCUT2D eigenvalue weighted by Crippen LogP contribution is -2.41. The van der Waals surface area contributed by atoms with E-state index in [1.807, 2.05) is 0 Å². The van der Waals surface area contributed by atoms with E-state index >= 15 is 0 Å². The fourth-order valence-electron chi connectivity index (χ4n) is 2.21. The van der Waals surface area contributed by atoms with Gasteiger partial charge in [0, 0.05) is 19.3 Å². The molecule has 108 valence electrons. The van der Waals surface area contributed by atoms with Crippen molar-refractivity contribution in [3.63, 3.8) is 0 Å². The van der Waals surface area contributed by atoms with Gasteiger partial charge in [-0.3, -0.25) is 9.78 Å². The Hall–Kier alpha value is -1.98. The van der Waals surface area contributed by atoms with Crippen molar-refractivity contribution in [2.45, 2.75) is 26.7 Å². The molecule has 6 nitrogen and oxygen atoms in total. The Balaban J connectivity index is 1.83.